The van der Waals surface area contributed by atoms with Crippen LogP contribution in [-0.4, -0.2) is 0 Å². The van der Waals surface area contributed by atoms with Crippen LogP contribution in [0.3, 0.4) is 0 Å². The Hall–Kier alpha value is 7.31. The summed E-state index contributed by atoms with van der Waals surface area (Å²) < 4.78 is 0. The van der Waals surface area contributed by atoms with Gasteiger partial charge in [-0.1, -0.05) is 0 Å². The summed E-state index contributed by atoms with van der Waals surface area (Å²) in [6, 6.07) is 0. The predicted octanol–water partition coefficient (Wildman–Crippen LogP) is 2.91. The van der Waals surface area contributed by atoms with Gasteiger partial charge in [0.2, 0.25) is 0 Å². The molecule has 15 heavy (non-hydrogen) atoms. The fourth-order valence-corrected chi connectivity index (χ4v) is 0. The van der Waals surface area contributed by atoms with Crippen LogP contribution in [0.4, 0.5) is 0 Å². The van der Waals surface area contributed by atoms with Crippen LogP contribution >= 0.6 is 0 Å². The molecular weight excluding hydrogens is 813 g/mol. The molecule has 0 aliphatic rings. The normalized spacial score (nSPS) is 3.20. The second-order valence-corrected chi connectivity index (χ2v) is 1.06. The Morgan fingerprint density at radius 3 is 0.600 bits per heavy atom. The molecule has 7 heteroatoms. The van der Waals surface area contributed by atoms with Gasteiger partial charge in [-0.05, 0) is 0 Å². The van der Waals surface area contributed by atoms with Gasteiger partial charge in [0.05, 0.1) is 0 Å². The standard InChI is InChI=1S/C4H8.C3H6.CH3.W.6Y/c1-3-4-2;1-3-2;;;;;;;;/h1-4H2;1-3H2;1H3;;;;;;;/q2*-2;-1;;;;;;;. The van der Waals surface area contributed by atoms with Crippen molar-refractivity contribution in [3.05, 3.63) is 35.1 Å². The van der Waals surface area contributed by atoms with Crippen molar-refractivity contribution in [2.45, 2.75) is 19.3 Å². The van der Waals surface area contributed by atoms with E-state index in [0.29, 0.717) is 0 Å². The van der Waals surface area contributed by atoms with Crippen LogP contribution in [0.5, 0.6) is 0 Å². The Balaban J connectivity index is -0.00000000275. The molecule has 0 fully saturated rings. The third-order valence-electron chi connectivity index (χ3n) is 0.250. The van der Waals surface area contributed by atoms with Crippen LogP contribution in [0.25, 0.3) is 0 Å². The molecule has 0 aromatic heterocycles. The second-order valence-electron chi connectivity index (χ2n) is 1.06. The zero-order valence-corrected chi connectivity index (χ0v) is 29.8. The maximum atomic E-state index is 3.54. The third-order valence-corrected chi connectivity index (χ3v) is 0.250. The van der Waals surface area contributed by atoms with Gasteiger partial charge in [0.25, 0.3) is 0 Å². The molecule has 0 aromatic rings. The molecule has 6 radical (unpaired) electrons. The van der Waals surface area contributed by atoms with Crippen molar-refractivity contribution in [1.29, 1.82) is 0 Å². The zero-order valence-electron chi connectivity index (χ0n) is 9.82. The molecule has 0 aliphatic carbocycles. The fraction of sp³-hybridized carbons (Fsp3) is 0.375. The van der Waals surface area contributed by atoms with Gasteiger partial charge in [-0.3, -0.25) is 0 Å². The Bertz CT molecular complexity index is 26.6. The summed E-state index contributed by atoms with van der Waals surface area (Å²) in [6.07, 6.45) is 2.67. The molecule has 0 nitrogen and oxygen atoms in total. The molecule has 0 amide bonds. The van der Waals surface area contributed by atoms with Crippen LogP contribution in [0, 0.1) is 35.1 Å². The average molecular weight is 830 g/mol. The van der Waals surface area contributed by atoms with Crippen molar-refractivity contribution in [3.8, 4) is 0 Å². The van der Waals surface area contributed by atoms with Gasteiger partial charge in [-0.15, -0.1) is 0 Å². The summed E-state index contributed by atoms with van der Waals surface area (Å²) in [5.41, 5.74) is 0. The van der Waals surface area contributed by atoms with Gasteiger partial charge < -0.3 is 41.5 Å². The number of unbranched alkanes of at least 4 members (excludes halogenated alkanes) is 1. The van der Waals surface area contributed by atoms with Crippen molar-refractivity contribution in [2.24, 2.45) is 0 Å². The minimum absolute atomic E-state index is 0. The Morgan fingerprint density at radius 2 is 0.600 bits per heavy atom. The van der Waals surface area contributed by atoms with E-state index in [4.69, 9.17) is 0 Å². The first-order valence-electron chi connectivity index (χ1n) is 2.50. The van der Waals surface area contributed by atoms with Crippen LogP contribution in [0.15, 0.2) is 0 Å². The quantitative estimate of drug-likeness (QED) is 0.358. The molecule has 0 saturated carbocycles. The van der Waals surface area contributed by atoms with E-state index in [9.17, 15) is 0 Å². The van der Waals surface area contributed by atoms with Gasteiger partial charge in [-0.25, -0.2) is 12.8 Å². The summed E-state index contributed by atoms with van der Waals surface area (Å²) in [5, 5.41) is 0. The number of hydrogen-bond donors (Lipinski definition) is 0. The van der Waals surface area contributed by atoms with Crippen molar-refractivity contribution in [2.75, 3.05) is 0 Å². The van der Waals surface area contributed by atoms with E-state index >= 15 is 0 Å². The maximum absolute atomic E-state index is 3.54. The Kier molecular flexibility index (Phi) is 369. The average Bonchev–Trinajstić information content (AvgIpc) is 1.69. The molecule has 0 saturated heterocycles. The molecule has 0 unspecified atom stereocenters. The first-order valence-corrected chi connectivity index (χ1v) is 2.50. The minimum Gasteiger partial charge on any atom is -0.372 e. The second kappa shape index (κ2) is 82.7. The van der Waals surface area contributed by atoms with Gasteiger partial charge in [0.1, 0.15) is 0 Å². The van der Waals surface area contributed by atoms with Crippen LogP contribution < -0.4 is 0 Å². The predicted molar refractivity (Wildman–Crippen MR) is 41.7 cm³/mol. The molecule has 0 aliphatic heterocycles. The summed E-state index contributed by atoms with van der Waals surface area (Å²) in [4.78, 5) is 0. The molecule has 0 bridgehead atoms. The van der Waals surface area contributed by atoms with E-state index in [2.05, 4.69) is 27.7 Å². The number of hydrogen-bond acceptors (Lipinski definition) is 0. The van der Waals surface area contributed by atoms with E-state index in [1.807, 2.05) is 0 Å². The molecule has 0 rings (SSSR count). The smallest absolute Gasteiger partial charge is 0 e. The maximum Gasteiger partial charge on any atom is 0 e. The monoisotopic (exact) mass is 831 g/mol. The zero-order chi connectivity index (χ0) is 6.12. The summed E-state index contributed by atoms with van der Waals surface area (Å²) in [5.74, 6) is 0. The summed E-state index contributed by atoms with van der Waals surface area (Å²) >= 11 is 0. The van der Waals surface area contributed by atoms with Crippen LogP contribution in [0.1, 0.15) is 19.3 Å². The van der Waals surface area contributed by atoms with Gasteiger partial charge >= 0.3 is 0 Å². The summed E-state index contributed by atoms with van der Waals surface area (Å²) in [7, 11) is 0. The van der Waals surface area contributed by atoms with Gasteiger partial charge in [-0.2, -0.15) is 0 Å². The van der Waals surface area contributed by atoms with Crippen molar-refractivity contribution >= 4 is 0 Å². The molecular formula is C8H17WY6-5. The van der Waals surface area contributed by atoms with E-state index in [1.165, 1.54) is 0 Å². The van der Waals surface area contributed by atoms with Crippen molar-refractivity contribution < 1.29 is 217 Å². The number of rotatable bonds is 1. The largest absolute Gasteiger partial charge is 0.372 e. The van der Waals surface area contributed by atoms with E-state index < -0.39 is 0 Å². The molecule has 0 spiro atoms. The van der Waals surface area contributed by atoms with Gasteiger partial charge in [0, 0.05) is 217 Å². The summed E-state index contributed by atoms with van der Waals surface area (Å²) in [6.45, 7) is 13.8. The van der Waals surface area contributed by atoms with Crippen molar-refractivity contribution in [1.82, 2.24) is 0 Å². The molecule has 0 N–H and O–H groups in total. The van der Waals surface area contributed by atoms with E-state index in [1.54, 1.807) is 0 Å². The molecule has 78 valence electrons. The molecule has 0 atom stereocenters. The van der Waals surface area contributed by atoms with Crippen LogP contribution in [0.2, 0.25) is 0 Å². The molecule has 0 heterocycles. The van der Waals surface area contributed by atoms with Gasteiger partial charge in [0.15, 0.2) is 0 Å². The van der Waals surface area contributed by atoms with Crippen LogP contribution in [-0.2, 0) is 217 Å². The minimum atomic E-state index is 0. The first kappa shape index (κ1) is 66.9. The van der Waals surface area contributed by atoms with E-state index in [-0.39, 0.29) is 225 Å². The third kappa shape index (κ3) is 115. The molecule has 0 aromatic carbocycles. The topological polar surface area (TPSA) is 0 Å². The van der Waals surface area contributed by atoms with Crippen molar-refractivity contribution in [3.63, 3.8) is 0 Å². The first-order chi connectivity index (χ1) is 3.33. The van der Waals surface area contributed by atoms with E-state index in [0.717, 1.165) is 19.3 Å². The SMILES string of the molecule is [CH2-]CC[CH2-].[CH2-]C[CH2-].[CH3-].[W].[Y].[Y].[Y].[Y].[Y].[Y]. The Morgan fingerprint density at radius 1 is 0.533 bits per heavy atom. The fourth-order valence-electron chi connectivity index (χ4n) is 0. The Labute approximate surface area is 264 Å².